The van der Waals surface area contributed by atoms with Gasteiger partial charge in [0.15, 0.2) is 0 Å². The second-order valence-electron chi connectivity index (χ2n) is 6.10. The SMILES string of the molecule is O=c1cc(-c2nc(Cl)n(Cc3ccccc3)c2-c2ccc(F)cc2)cc[nH]1. The lowest BCUT2D eigenvalue weighted by atomic mass is 10.1. The Labute approximate surface area is 159 Å². The number of halogens is 2. The van der Waals surface area contributed by atoms with Crippen LogP contribution in [0.25, 0.3) is 22.5 Å². The van der Waals surface area contributed by atoms with E-state index in [-0.39, 0.29) is 11.4 Å². The number of aromatic amines is 1. The van der Waals surface area contributed by atoms with E-state index in [0.29, 0.717) is 23.1 Å². The molecule has 4 aromatic rings. The lowest BCUT2D eigenvalue weighted by Crippen LogP contribution is -2.04. The van der Waals surface area contributed by atoms with Crippen LogP contribution in [0.2, 0.25) is 5.28 Å². The first-order valence-corrected chi connectivity index (χ1v) is 8.74. The summed E-state index contributed by atoms with van der Waals surface area (Å²) < 4.78 is 15.3. The second kappa shape index (κ2) is 7.21. The average Bonchev–Trinajstić information content (AvgIpc) is 3.00. The summed E-state index contributed by atoms with van der Waals surface area (Å²) in [5, 5.41) is 0.299. The van der Waals surface area contributed by atoms with E-state index in [9.17, 15) is 9.18 Å². The van der Waals surface area contributed by atoms with Crippen LogP contribution in [-0.2, 0) is 6.54 Å². The third-order valence-electron chi connectivity index (χ3n) is 4.27. The fraction of sp³-hybridized carbons (Fsp3) is 0.0476. The molecule has 0 unspecified atom stereocenters. The molecule has 6 heteroatoms. The molecule has 1 N–H and O–H groups in total. The van der Waals surface area contributed by atoms with Gasteiger partial charge in [0.2, 0.25) is 10.8 Å². The highest BCUT2D eigenvalue weighted by atomic mass is 35.5. The predicted octanol–water partition coefficient (Wildman–Crippen LogP) is 4.75. The Morgan fingerprint density at radius 1 is 1.00 bits per heavy atom. The van der Waals surface area contributed by atoms with Crippen LogP contribution in [0.3, 0.4) is 0 Å². The molecule has 0 saturated heterocycles. The van der Waals surface area contributed by atoms with Crippen molar-refractivity contribution in [3.8, 4) is 22.5 Å². The predicted molar refractivity (Wildman–Crippen MR) is 104 cm³/mol. The maximum atomic E-state index is 13.4. The van der Waals surface area contributed by atoms with Crippen LogP contribution < -0.4 is 5.56 Å². The summed E-state index contributed by atoms with van der Waals surface area (Å²) in [5.74, 6) is -0.323. The average molecular weight is 380 g/mol. The number of H-pyrrole nitrogens is 1. The zero-order valence-electron chi connectivity index (χ0n) is 14.2. The van der Waals surface area contributed by atoms with Crippen molar-refractivity contribution < 1.29 is 4.39 Å². The highest BCUT2D eigenvalue weighted by Crippen LogP contribution is 2.34. The molecule has 4 rings (SSSR count). The fourth-order valence-corrected chi connectivity index (χ4v) is 3.26. The van der Waals surface area contributed by atoms with Crippen molar-refractivity contribution in [1.29, 1.82) is 0 Å². The zero-order chi connectivity index (χ0) is 18.8. The van der Waals surface area contributed by atoms with E-state index in [0.717, 1.165) is 16.8 Å². The topological polar surface area (TPSA) is 50.7 Å². The van der Waals surface area contributed by atoms with E-state index < -0.39 is 0 Å². The Hall–Kier alpha value is -3.18. The van der Waals surface area contributed by atoms with Gasteiger partial charge in [-0.1, -0.05) is 30.3 Å². The normalized spacial score (nSPS) is 10.9. The quantitative estimate of drug-likeness (QED) is 0.556. The molecule has 4 nitrogen and oxygen atoms in total. The van der Waals surface area contributed by atoms with Crippen molar-refractivity contribution in [3.63, 3.8) is 0 Å². The minimum atomic E-state index is -0.323. The summed E-state index contributed by atoms with van der Waals surface area (Å²) in [4.78, 5) is 18.9. The number of rotatable bonds is 4. The number of aromatic nitrogens is 3. The zero-order valence-corrected chi connectivity index (χ0v) is 14.9. The molecule has 134 valence electrons. The third kappa shape index (κ3) is 3.55. The number of pyridine rings is 1. The van der Waals surface area contributed by atoms with Gasteiger partial charge in [0.25, 0.3) is 0 Å². The van der Waals surface area contributed by atoms with E-state index in [1.54, 1.807) is 24.4 Å². The Bertz CT molecular complexity index is 1130. The fourth-order valence-electron chi connectivity index (χ4n) is 3.03. The van der Waals surface area contributed by atoms with Crippen molar-refractivity contribution >= 4 is 11.6 Å². The molecule has 0 spiro atoms. The Morgan fingerprint density at radius 3 is 2.44 bits per heavy atom. The maximum absolute atomic E-state index is 13.4. The standard InChI is InChI=1S/C21H15ClFN3O/c22-21-25-19(16-10-11-24-18(27)12-16)20(15-6-8-17(23)9-7-15)26(21)13-14-4-2-1-3-5-14/h1-12H,13H2,(H,24,27). The first-order valence-electron chi connectivity index (χ1n) is 8.37. The molecular formula is C21H15ClFN3O. The molecule has 0 aliphatic carbocycles. The summed E-state index contributed by atoms with van der Waals surface area (Å²) in [6, 6.07) is 19.2. The minimum Gasteiger partial charge on any atom is -0.329 e. The molecule has 2 aromatic heterocycles. The number of hydrogen-bond acceptors (Lipinski definition) is 2. The summed E-state index contributed by atoms with van der Waals surface area (Å²) in [6.07, 6.45) is 1.57. The van der Waals surface area contributed by atoms with Crippen LogP contribution in [0.4, 0.5) is 4.39 Å². The molecule has 0 atom stereocenters. The van der Waals surface area contributed by atoms with E-state index in [1.807, 2.05) is 34.9 Å². The first kappa shape index (κ1) is 17.2. The van der Waals surface area contributed by atoms with Gasteiger partial charge in [0, 0.05) is 23.4 Å². The van der Waals surface area contributed by atoms with Crippen LogP contribution >= 0.6 is 11.6 Å². The molecule has 0 fully saturated rings. The third-order valence-corrected chi connectivity index (χ3v) is 4.56. The highest BCUT2D eigenvalue weighted by Gasteiger charge is 2.19. The number of imidazole rings is 1. The summed E-state index contributed by atoms with van der Waals surface area (Å²) in [6.45, 7) is 0.503. The van der Waals surface area contributed by atoms with Crippen molar-refractivity contribution in [2.24, 2.45) is 0 Å². The number of nitrogens with one attached hydrogen (secondary N) is 1. The summed E-state index contributed by atoms with van der Waals surface area (Å²) in [5.41, 5.74) is 3.54. The van der Waals surface area contributed by atoms with E-state index in [1.165, 1.54) is 18.2 Å². The van der Waals surface area contributed by atoms with Crippen LogP contribution in [-0.4, -0.2) is 14.5 Å². The second-order valence-corrected chi connectivity index (χ2v) is 6.44. The Balaban J connectivity index is 1.93. The van der Waals surface area contributed by atoms with Gasteiger partial charge >= 0.3 is 0 Å². The molecule has 0 radical (unpaired) electrons. The van der Waals surface area contributed by atoms with Crippen molar-refractivity contribution in [2.45, 2.75) is 6.54 Å². The van der Waals surface area contributed by atoms with Crippen LogP contribution in [0.5, 0.6) is 0 Å². The Kier molecular flexibility index (Phi) is 4.60. The van der Waals surface area contributed by atoms with Crippen LogP contribution in [0.15, 0.2) is 77.7 Å². The molecule has 0 saturated carbocycles. The van der Waals surface area contributed by atoms with Crippen LogP contribution in [0.1, 0.15) is 5.56 Å². The van der Waals surface area contributed by atoms with Gasteiger partial charge in [-0.05, 0) is 47.5 Å². The van der Waals surface area contributed by atoms with Gasteiger partial charge in [-0.2, -0.15) is 0 Å². The summed E-state index contributed by atoms with van der Waals surface area (Å²) >= 11 is 6.46. The molecule has 27 heavy (non-hydrogen) atoms. The molecule has 2 aromatic carbocycles. The largest absolute Gasteiger partial charge is 0.329 e. The molecule has 0 bridgehead atoms. The van der Waals surface area contributed by atoms with Gasteiger partial charge in [0.05, 0.1) is 17.9 Å². The van der Waals surface area contributed by atoms with E-state index in [4.69, 9.17) is 11.6 Å². The molecule has 0 aliphatic heterocycles. The van der Waals surface area contributed by atoms with Gasteiger partial charge in [0.1, 0.15) is 5.82 Å². The van der Waals surface area contributed by atoms with Gasteiger partial charge in [-0.3, -0.25) is 4.79 Å². The number of hydrogen-bond donors (Lipinski definition) is 1. The van der Waals surface area contributed by atoms with Gasteiger partial charge in [-0.25, -0.2) is 9.37 Å². The summed E-state index contributed by atoms with van der Waals surface area (Å²) in [7, 11) is 0. The van der Waals surface area contributed by atoms with Gasteiger partial charge < -0.3 is 9.55 Å². The number of nitrogens with zero attached hydrogens (tertiary/aromatic N) is 2. The monoisotopic (exact) mass is 379 g/mol. The molecule has 0 aliphatic rings. The van der Waals surface area contributed by atoms with Crippen LogP contribution in [0, 0.1) is 5.82 Å². The van der Waals surface area contributed by atoms with Crippen molar-refractivity contribution in [3.05, 3.63) is 99.9 Å². The lowest BCUT2D eigenvalue weighted by Gasteiger charge is -2.11. The van der Waals surface area contributed by atoms with E-state index in [2.05, 4.69) is 9.97 Å². The van der Waals surface area contributed by atoms with Gasteiger partial charge in [-0.15, -0.1) is 0 Å². The maximum Gasteiger partial charge on any atom is 0.248 e. The molecular weight excluding hydrogens is 365 g/mol. The molecule has 2 heterocycles. The highest BCUT2D eigenvalue weighted by molar-refractivity contribution is 6.29. The Morgan fingerprint density at radius 2 is 1.74 bits per heavy atom. The molecule has 0 amide bonds. The number of benzene rings is 2. The van der Waals surface area contributed by atoms with Crippen molar-refractivity contribution in [2.75, 3.05) is 0 Å². The lowest BCUT2D eigenvalue weighted by molar-refractivity contribution is 0.628. The van der Waals surface area contributed by atoms with Crippen molar-refractivity contribution in [1.82, 2.24) is 14.5 Å². The van der Waals surface area contributed by atoms with E-state index >= 15 is 0 Å². The first-order chi connectivity index (χ1) is 13.1. The minimum absolute atomic E-state index is 0.230. The smallest absolute Gasteiger partial charge is 0.248 e.